The van der Waals surface area contributed by atoms with Crippen molar-refractivity contribution in [2.75, 3.05) is 7.11 Å². The number of methoxy groups -OCH3 is 1. The molecule has 2 rings (SSSR count). The van der Waals surface area contributed by atoms with Gasteiger partial charge in [0.2, 0.25) is 0 Å². The topological polar surface area (TPSA) is 30.8 Å². The third-order valence-corrected chi connectivity index (χ3v) is 2.77. The highest BCUT2D eigenvalue weighted by Crippen LogP contribution is 2.18. The summed E-state index contributed by atoms with van der Waals surface area (Å²) in [4.78, 5) is 5.11. The lowest BCUT2D eigenvalue weighted by molar-refractivity contribution is 0.132. The van der Waals surface area contributed by atoms with Crippen LogP contribution in [-0.2, 0) is 11.4 Å². The number of rotatable bonds is 6. The van der Waals surface area contributed by atoms with Crippen molar-refractivity contribution >= 4 is 6.21 Å². The summed E-state index contributed by atoms with van der Waals surface area (Å²) in [5.41, 5.74) is 1.45. The third-order valence-electron chi connectivity index (χ3n) is 2.77. The second-order valence-electron chi connectivity index (χ2n) is 4.25. The number of hydrogen-bond donors (Lipinski definition) is 0. The Morgan fingerprint density at radius 1 is 1.14 bits per heavy atom. The second-order valence-corrected chi connectivity index (χ2v) is 4.25. The molecule has 0 fully saturated rings. The SMILES string of the molecule is COc1cccc(CO/N=[C]\c2ccc(C(F)F)cc2)c1. The first kappa shape index (κ1) is 15.0. The normalized spacial score (nSPS) is 11.0. The Labute approximate surface area is 121 Å². The predicted molar refractivity (Wildman–Crippen MR) is 75.7 cm³/mol. The number of alkyl halides is 2. The monoisotopic (exact) mass is 290 g/mol. The number of halogens is 2. The quantitative estimate of drug-likeness (QED) is 0.593. The predicted octanol–water partition coefficient (Wildman–Crippen LogP) is 4.06. The van der Waals surface area contributed by atoms with Crippen LogP contribution in [0.3, 0.4) is 0 Å². The molecule has 3 nitrogen and oxygen atoms in total. The lowest BCUT2D eigenvalue weighted by Crippen LogP contribution is -1.90. The van der Waals surface area contributed by atoms with Gasteiger partial charge in [0.25, 0.3) is 6.43 Å². The highest BCUT2D eigenvalue weighted by atomic mass is 19.3. The Bertz CT molecular complexity index is 597. The fourth-order valence-electron chi connectivity index (χ4n) is 1.66. The third kappa shape index (κ3) is 4.56. The Morgan fingerprint density at radius 2 is 1.90 bits per heavy atom. The van der Waals surface area contributed by atoms with Crippen LogP contribution in [0.25, 0.3) is 0 Å². The molecule has 0 aromatic heterocycles. The molecule has 0 bridgehead atoms. The maximum Gasteiger partial charge on any atom is 0.263 e. The van der Waals surface area contributed by atoms with Crippen molar-refractivity contribution in [1.82, 2.24) is 0 Å². The molecule has 5 heteroatoms. The molecule has 2 aromatic carbocycles. The van der Waals surface area contributed by atoms with Crippen molar-refractivity contribution < 1.29 is 18.4 Å². The molecule has 0 aliphatic rings. The fraction of sp³-hybridized carbons (Fsp3) is 0.188. The summed E-state index contributed by atoms with van der Waals surface area (Å²) in [6.45, 7) is 0.277. The van der Waals surface area contributed by atoms with Crippen molar-refractivity contribution in [1.29, 1.82) is 0 Å². The summed E-state index contributed by atoms with van der Waals surface area (Å²) in [6.07, 6.45) is 0.164. The molecule has 21 heavy (non-hydrogen) atoms. The standard InChI is InChI=1S/C16H14F2NO2/c1-20-15-4-2-3-13(9-15)11-21-19-10-12-5-7-14(8-6-12)16(17)18/h2-9,16H,11H2,1H3. The summed E-state index contributed by atoms with van der Waals surface area (Å²) in [6, 6.07) is 13.1. The molecular formula is C16H14F2NO2. The van der Waals surface area contributed by atoms with E-state index in [1.807, 2.05) is 24.3 Å². The lowest BCUT2D eigenvalue weighted by atomic mass is 10.1. The summed E-state index contributed by atoms with van der Waals surface area (Å²) in [5.74, 6) is 0.742. The fourth-order valence-corrected chi connectivity index (χ4v) is 1.66. The van der Waals surface area contributed by atoms with Crippen LogP contribution in [0.15, 0.2) is 53.7 Å². The molecule has 0 amide bonds. The van der Waals surface area contributed by atoms with Crippen LogP contribution in [0, 0.1) is 0 Å². The number of ether oxygens (including phenoxy) is 1. The van der Waals surface area contributed by atoms with E-state index >= 15 is 0 Å². The molecule has 0 saturated heterocycles. The van der Waals surface area contributed by atoms with E-state index in [0.717, 1.165) is 11.3 Å². The van der Waals surface area contributed by atoms with Gasteiger partial charge in [-0.15, -0.1) is 0 Å². The Hall–Kier alpha value is -2.43. The molecule has 0 unspecified atom stereocenters. The van der Waals surface area contributed by atoms with Gasteiger partial charge in [0.15, 0.2) is 0 Å². The molecular weight excluding hydrogens is 276 g/mol. The average Bonchev–Trinajstić information content (AvgIpc) is 2.52. The van der Waals surface area contributed by atoms with Crippen molar-refractivity contribution in [3.05, 3.63) is 65.2 Å². The first-order chi connectivity index (χ1) is 10.2. The number of nitrogens with zero attached hydrogens (tertiary/aromatic N) is 1. The van der Waals surface area contributed by atoms with E-state index in [2.05, 4.69) is 11.4 Å². The zero-order valence-electron chi connectivity index (χ0n) is 11.4. The smallest absolute Gasteiger partial charge is 0.263 e. The minimum absolute atomic E-state index is 0.0298. The first-order valence-electron chi connectivity index (χ1n) is 6.28. The maximum atomic E-state index is 12.4. The van der Waals surface area contributed by atoms with Crippen molar-refractivity contribution in [2.24, 2.45) is 5.16 Å². The van der Waals surface area contributed by atoms with Crippen molar-refractivity contribution in [3.63, 3.8) is 0 Å². The van der Waals surface area contributed by atoms with Crippen molar-refractivity contribution in [2.45, 2.75) is 13.0 Å². The van der Waals surface area contributed by atoms with E-state index in [1.54, 1.807) is 7.11 Å². The van der Waals surface area contributed by atoms with Gasteiger partial charge in [-0.05, 0) is 17.7 Å². The molecule has 109 valence electrons. The number of benzene rings is 2. The highest BCUT2D eigenvalue weighted by molar-refractivity contribution is 5.79. The van der Waals surface area contributed by atoms with Gasteiger partial charge in [0.05, 0.1) is 7.11 Å². The molecule has 0 aliphatic heterocycles. The van der Waals surface area contributed by atoms with Crippen LogP contribution >= 0.6 is 0 Å². The van der Waals surface area contributed by atoms with Gasteiger partial charge in [-0.1, -0.05) is 41.6 Å². The van der Waals surface area contributed by atoms with Gasteiger partial charge < -0.3 is 9.57 Å². The summed E-state index contributed by atoms with van der Waals surface area (Å²) in [5, 5.41) is 3.69. The van der Waals surface area contributed by atoms with Gasteiger partial charge >= 0.3 is 0 Å². The van der Waals surface area contributed by atoms with Crippen LogP contribution in [0.2, 0.25) is 0 Å². The largest absolute Gasteiger partial charge is 0.497 e. The molecule has 1 radical (unpaired) electrons. The molecule has 0 heterocycles. The Morgan fingerprint density at radius 3 is 2.57 bits per heavy atom. The van der Waals surface area contributed by atoms with Crippen LogP contribution in [-0.4, -0.2) is 13.3 Å². The minimum atomic E-state index is -2.47. The zero-order chi connectivity index (χ0) is 15.1. The molecule has 2 aromatic rings. The van der Waals surface area contributed by atoms with Gasteiger partial charge in [-0.3, -0.25) is 0 Å². The highest BCUT2D eigenvalue weighted by Gasteiger charge is 2.05. The summed E-state index contributed by atoms with van der Waals surface area (Å²) in [7, 11) is 1.59. The van der Waals surface area contributed by atoms with Crippen molar-refractivity contribution in [3.8, 4) is 5.75 Å². The number of hydrogen-bond acceptors (Lipinski definition) is 3. The molecule has 0 atom stereocenters. The molecule has 0 N–H and O–H groups in total. The molecule has 0 saturated carbocycles. The van der Waals surface area contributed by atoms with E-state index in [-0.39, 0.29) is 12.2 Å². The van der Waals surface area contributed by atoms with Crippen LogP contribution in [0.1, 0.15) is 23.1 Å². The average molecular weight is 290 g/mol. The summed E-state index contributed by atoms with van der Waals surface area (Å²) >= 11 is 0. The van der Waals surface area contributed by atoms with Crippen LogP contribution in [0.5, 0.6) is 5.75 Å². The van der Waals surface area contributed by atoms with E-state index in [4.69, 9.17) is 9.57 Å². The van der Waals surface area contributed by atoms with E-state index in [1.165, 1.54) is 24.3 Å². The van der Waals surface area contributed by atoms with Crippen LogP contribution < -0.4 is 4.74 Å². The lowest BCUT2D eigenvalue weighted by Gasteiger charge is -2.03. The van der Waals surface area contributed by atoms with Gasteiger partial charge in [0, 0.05) is 11.1 Å². The van der Waals surface area contributed by atoms with Gasteiger partial charge in [-0.2, -0.15) is 0 Å². The Balaban J connectivity index is 1.87. The van der Waals surface area contributed by atoms with Crippen LogP contribution in [0.4, 0.5) is 8.78 Å². The maximum absolute atomic E-state index is 12.4. The van der Waals surface area contributed by atoms with E-state index in [0.29, 0.717) is 5.56 Å². The first-order valence-corrected chi connectivity index (χ1v) is 6.28. The minimum Gasteiger partial charge on any atom is -0.497 e. The zero-order valence-corrected chi connectivity index (χ0v) is 11.4. The van der Waals surface area contributed by atoms with E-state index < -0.39 is 6.43 Å². The Kier molecular flexibility index (Phi) is 5.26. The van der Waals surface area contributed by atoms with Gasteiger partial charge in [0.1, 0.15) is 18.6 Å². The molecule has 0 aliphatic carbocycles. The van der Waals surface area contributed by atoms with E-state index in [9.17, 15) is 8.78 Å². The summed E-state index contributed by atoms with van der Waals surface area (Å²) < 4.78 is 29.9. The second kappa shape index (κ2) is 7.38. The van der Waals surface area contributed by atoms with Gasteiger partial charge in [-0.25, -0.2) is 8.78 Å². The molecule has 0 spiro atoms.